The largest absolute Gasteiger partial charge is 0.345 e. The number of hydrogen-bond donors (Lipinski definition) is 1. The molecule has 3 aromatic rings. The number of rotatable bonds is 2. The Labute approximate surface area is 123 Å². The van der Waals surface area contributed by atoms with Crippen molar-refractivity contribution in [1.82, 2.24) is 9.97 Å². The summed E-state index contributed by atoms with van der Waals surface area (Å²) in [6.45, 7) is 0. The van der Waals surface area contributed by atoms with Gasteiger partial charge in [-0.25, -0.2) is 9.37 Å². The summed E-state index contributed by atoms with van der Waals surface area (Å²) in [4.78, 5) is 19.5. The van der Waals surface area contributed by atoms with Gasteiger partial charge in [-0.1, -0.05) is 23.2 Å². The lowest BCUT2D eigenvalue weighted by Crippen LogP contribution is -2.02. The first kappa shape index (κ1) is 13.1. The maximum absolute atomic E-state index is 13.0. The maximum Gasteiger partial charge on any atom is 0.196 e. The number of hydrogen-bond acceptors (Lipinski definition) is 2. The van der Waals surface area contributed by atoms with Crippen molar-refractivity contribution in [3.05, 3.63) is 63.6 Å². The van der Waals surface area contributed by atoms with Gasteiger partial charge < -0.3 is 4.98 Å². The minimum Gasteiger partial charge on any atom is -0.345 e. The van der Waals surface area contributed by atoms with E-state index in [1.807, 2.05) is 0 Å². The molecule has 3 rings (SSSR count). The molecule has 0 atom stereocenters. The van der Waals surface area contributed by atoms with Gasteiger partial charge in [0, 0.05) is 23.3 Å². The first-order chi connectivity index (χ1) is 9.58. The molecular weight excluding hydrogens is 302 g/mol. The van der Waals surface area contributed by atoms with Gasteiger partial charge in [0.2, 0.25) is 0 Å². The summed E-state index contributed by atoms with van der Waals surface area (Å²) in [5, 5.41) is 1.00. The van der Waals surface area contributed by atoms with E-state index in [2.05, 4.69) is 9.97 Å². The molecule has 2 aromatic heterocycles. The van der Waals surface area contributed by atoms with Gasteiger partial charge in [-0.2, -0.15) is 0 Å². The Kier molecular flexibility index (Phi) is 3.20. The number of halogens is 3. The van der Waals surface area contributed by atoms with E-state index in [1.165, 1.54) is 18.3 Å². The molecule has 1 N–H and O–H groups in total. The Morgan fingerprint density at radius 3 is 2.70 bits per heavy atom. The molecule has 1 aromatic carbocycles. The third kappa shape index (κ3) is 2.07. The van der Waals surface area contributed by atoms with E-state index < -0.39 is 5.82 Å². The number of pyridine rings is 1. The number of fused-ring (bicyclic) bond motifs is 1. The predicted molar refractivity (Wildman–Crippen MR) is 75.9 cm³/mol. The van der Waals surface area contributed by atoms with E-state index in [1.54, 1.807) is 12.3 Å². The van der Waals surface area contributed by atoms with Gasteiger partial charge in [-0.15, -0.1) is 0 Å². The molecular formula is C14H7Cl2FN2O. The summed E-state index contributed by atoms with van der Waals surface area (Å²) in [5.74, 6) is -0.832. The van der Waals surface area contributed by atoms with Crippen LogP contribution in [0.3, 0.4) is 0 Å². The fraction of sp³-hybridized carbons (Fsp3) is 0. The molecule has 0 aliphatic carbocycles. The Morgan fingerprint density at radius 2 is 1.95 bits per heavy atom. The second kappa shape index (κ2) is 4.89. The monoisotopic (exact) mass is 308 g/mol. The van der Waals surface area contributed by atoms with Gasteiger partial charge in [0.1, 0.15) is 11.5 Å². The minimum absolute atomic E-state index is 0.0596. The number of nitrogens with zero attached hydrogens (tertiary/aromatic N) is 1. The van der Waals surface area contributed by atoms with Crippen LogP contribution in [0.1, 0.15) is 15.9 Å². The molecule has 0 saturated carbocycles. The Morgan fingerprint density at radius 1 is 1.15 bits per heavy atom. The van der Waals surface area contributed by atoms with Gasteiger partial charge in [0.25, 0.3) is 0 Å². The lowest BCUT2D eigenvalue weighted by molar-refractivity contribution is 0.104. The van der Waals surface area contributed by atoms with Crippen molar-refractivity contribution in [2.24, 2.45) is 0 Å². The second-order valence-electron chi connectivity index (χ2n) is 4.17. The molecule has 0 radical (unpaired) electrons. The van der Waals surface area contributed by atoms with Crippen LogP contribution in [-0.2, 0) is 0 Å². The first-order valence-electron chi connectivity index (χ1n) is 5.69. The number of carbonyl (C=O) groups excluding carboxylic acids is 1. The van der Waals surface area contributed by atoms with Crippen molar-refractivity contribution in [3.8, 4) is 0 Å². The van der Waals surface area contributed by atoms with E-state index in [-0.39, 0.29) is 16.4 Å². The quantitative estimate of drug-likeness (QED) is 0.720. The fourth-order valence-corrected chi connectivity index (χ4v) is 2.52. The highest BCUT2D eigenvalue weighted by Gasteiger charge is 2.19. The van der Waals surface area contributed by atoms with Crippen LogP contribution in [0.25, 0.3) is 11.0 Å². The van der Waals surface area contributed by atoms with E-state index in [4.69, 9.17) is 23.2 Å². The Balaban J connectivity index is 2.18. The average molecular weight is 309 g/mol. The highest BCUT2D eigenvalue weighted by molar-refractivity contribution is 6.38. The van der Waals surface area contributed by atoms with Gasteiger partial charge in [-0.3, -0.25) is 4.79 Å². The number of ketones is 1. The smallest absolute Gasteiger partial charge is 0.196 e. The van der Waals surface area contributed by atoms with Gasteiger partial charge >= 0.3 is 0 Å². The second-order valence-corrected chi connectivity index (χ2v) is 4.99. The molecule has 0 saturated heterocycles. The highest BCUT2D eigenvalue weighted by atomic mass is 35.5. The number of carbonyl (C=O) groups is 1. The summed E-state index contributed by atoms with van der Waals surface area (Å²) < 4.78 is 13.0. The van der Waals surface area contributed by atoms with Crippen LogP contribution in [0.5, 0.6) is 0 Å². The minimum atomic E-state index is -0.495. The van der Waals surface area contributed by atoms with Crippen LogP contribution < -0.4 is 0 Å². The van der Waals surface area contributed by atoms with E-state index in [0.29, 0.717) is 21.6 Å². The van der Waals surface area contributed by atoms with E-state index >= 15 is 0 Å². The molecule has 3 nitrogen and oxygen atoms in total. The molecule has 6 heteroatoms. The van der Waals surface area contributed by atoms with Crippen molar-refractivity contribution < 1.29 is 9.18 Å². The van der Waals surface area contributed by atoms with Crippen LogP contribution in [0.15, 0.2) is 36.7 Å². The molecule has 0 unspecified atom stereocenters. The fourth-order valence-electron chi connectivity index (χ4n) is 2.01. The van der Waals surface area contributed by atoms with Crippen LogP contribution in [0.4, 0.5) is 4.39 Å². The Bertz CT molecular complexity index is 829. The molecule has 0 bridgehead atoms. The van der Waals surface area contributed by atoms with E-state index in [9.17, 15) is 9.18 Å². The first-order valence-corrected chi connectivity index (χ1v) is 6.45. The van der Waals surface area contributed by atoms with Gasteiger partial charge in [0.15, 0.2) is 5.78 Å². The molecule has 20 heavy (non-hydrogen) atoms. The van der Waals surface area contributed by atoms with Crippen LogP contribution in [0, 0.1) is 5.82 Å². The zero-order valence-corrected chi connectivity index (χ0v) is 11.5. The van der Waals surface area contributed by atoms with Crippen molar-refractivity contribution >= 4 is 40.0 Å². The summed E-state index contributed by atoms with van der Waals surface area (Å²) in [5.41, 5.74) is 1.08. The standard InChI is InChI=1S/C14H7Cl2FN2O/c15-10-3-4-18-14-12(10)9(6-19-14)13(20)8-2-1-7(17)5-11(8)16/h1-6H,(H,18,19). The molecule has 0 aliphatic rings. The highest BCUT2D eigenvalue weighted by Crippen LogP contribution is 2.28. The summed E-state index contributed by atoms with van der Waals surface area (Å²) in [6.07, 6.45) is 3.06. The van der Waals surface area contributed by atoms with Gasteiger partial charge in [0.05, 0.1) is 15.6 Å². The molecule has 0 amide bonds. The molecule has 0 spiro atoms. The zero-order chi connectivity index (χ0) is 14.3. The normalized spacial score (nSPS) is 10.9. The third-order valence-electron chi connectivity index (χ3n) is 2.94. The maximum atomic E-state index is 13.0. The number of benzene rings is 1. The molecule has 0 fully saturated rings. The summed E-state index contributed by atoms with van der Waals surface area (Å²) >= 11 is 12.0. The lowest BCUT2D eigenvalue weighted by atomic mass is 10.0. The Hall–Kier alpha value is -1.91. The van der Waals surface area contributed by atoms with Crippen molar-refractivity contribution in [2.75, 3.05) is 0 Å². The average Bonchev–Trinajstić information content (AvgIpc) is 2.83. The van der Waals surface area contributed by atoms with Crippen molar-refractivity contribution in [2.45, 2.75) is 0 Å². The van der Waals surface area contributed by atoms with Crippen LogP contribution in [0.2, 0.25) is 10.0 Å². The number of H-pyrrole nitrogens is 1. The molecule has 0 aliphatic heterocycles. The topological polar surface area (TPSA) is 45.8 Å². The van der Waals surface area contributed by atoms with Crippen molar-refractivity contribution in [1.29, 1.82) is 0 Å². The number of nitrogens with one attached hydrogen (secondary N) is 1. The van der Waals surface area contributed by atoms with Gasteiger partial charge in [-0.05, 0) is 24.3 Å². The van der Waals surface area contributed by atoms with E-state index in [0.717, 1.165) is 6.07 Å². The SMILES string of the molecule is O=C(c1ccc(F)cc1Cl)c1c[nH]c2nccc(Cl)c12. The summed E-state index contributed by atoms with van der Waals surface area (Å²) in [6, 6.07) is 5.24. The predicted octanol–water partition coefficient (Wildman–Crippen LogP) is 4.24. The third-order valence-corrected chi connectivity index (χ3v) is 3.57. The number of aromatic nitrogens is 2. The lowest BCUT2D eigenvalue weighted by Gasteiger charge is -2.03. The molecule has 2 heterocycles. The summed E-state index contributed by atoms with van der Waals surface area (Å²) in [7, 11) is 0. The number of aromatic amines is 1. The van der Waals surface area contributed by atoms with Crippen LogP contribution >= 0.6 is 23.2 Å². The van der Waals surface area contributed by atoms with Crippen LogP contribution in [-0.4, -0.2) is 15.8 Å². The van der Waals surface area contributed by atoms with Crippen molar-refractivity contribution in [3.63, 3.8) is 0 Å². The molecule has 100 valence electrons. The zero-order valence-electron chi connectivity index (χ0n) is 9.95.